The van der Waals surface area contributed by atoms with Crippen molar-refractivity contribution >= 4 is 0 Å². The molecule has 0 saturated heterocycles. The molecule has 9 heavy (non-hydrogen) atoms. The van der Waals surface area contributed by atoms with Gasteiger partial charge in [0.2, 0.25) is 0 Å². The molecule has 2 heteroatoms. The molecule has 0 fully saturated rings. The molecule has 0 aliphatic heterocycles. The fraction of sp³-hybridized carbons (Fsp3) is 0.714. The van der Waals surface area contributed by atoms with Crippen molar-refractivity contribution in [3.05, 3.63) is 0 Å². The number of rotatable bonds is 3. The normalized spacial score (nSPS) is 16.2. The summed E-state index contributed by atoms with van der Waals surface area (Å²) in [6.45, 7) is 1.93. The summed E-state index contributed by atoms with van der Waals surface area (Å²) in [7, 11) is 1.75. The third kappa shape index (κ3) is 1.70. The molecule has 2 N–H and O–H groups in total. The Bertz CT molecular complexity index is 102. The van der Waals surface area contributed by atoms with Crippen molar-refractivity contribution in [2.45, 2.75) is 18.9 Å². The van der Waals surface area contributed by atoms with Gasteiger partial charge in [0.1, 0.15) is 5.54 Å². The molecule has 0 spiro atoms. The van der Waals surface area contributed by atoms with E-state index in [1.807, 2.05) is 6.92 Å². The minimum Gasteiger partial charge on any atom is -0.393 e. The Hall–Kier alpha value is -0.520. The zero-order chi connectivity index (χ0) is 7.33. The average molecular weight is 127 g/mol. The van der Waals surface area contributed by atoms with E-state index < -0.39 is 5.54 Å². The van der Waals surface area contributed by atoms with Gasteiger partial charge in [0.25, 0.3) is 0 Å². The molecule has 0 radical (unpaired) electrons. The van der Waals surface area contributed by atoms with E-state index in [2.05, 4.69) is 11.2 Å². The van der Waals surface area contributed by atoms with Crippen LogP contribution in [0.15, 0.2) is 0 Å². The van der Waals surface area contributed by atoms with Crippen molar-refractivity contribution in [1.82, 2.24) is 5.32 Å². The van der Waals surface area contributed by atoms with Gasteiger partial charge in [0, 0.05) is 0 Å². The summed E-state index contributed by atoms with van der Waals surface area (Å²) >= 11 is 0. The van der Waals surface area contributed by atoms with Crippen LogP contribution < -0.4 is 5.32 Å². The van der Waals surface area contributed by atoms with Gasteiger partial charge in [-0.25, -0.2) is 0 Å². The van der Waals surface area contributed by atoms with Gasteiger partial charge in [-0.2, -0.15) is 0 Å². The van der Waals surface area contributed by atoms with Gasteiger partial charge < -0.3 is 10.4 Å². The lowest BCUT2D eigenvalue weighted by Crippen LogP contribution is -2.44. The van der Waals surface area contributed by atoms with Crippen LogP contribution in [0.3, 0.4) is 0 Å². The third-order valence-corrected chi connectivity index (χ3v) is 1.63. The van der Waals surface area contributed by atoms with Crippen molar-refractivity contribution < 1.29 is 5.11 Å². The molecule has 52 valence electrons. The quantitative estimate of drug-likeness (QED) is 0.522. The predicted octanol–water partition coefficient (Wildman–Crippen LogP) is -0.0199. The Morgan fingerprint density at radius 2 is 2.33 bits per heavy atom. The monoisotopic (exact) mass is 127 g/mol. The van der Waals surface area contributed by atoms with Crippen molar-refractivity contribution in [3.63, 3.8) is 0 Å². The van der Waals surface area contributed by atoms with E-state index in [-0.39, 0.29) is 6.61 Å². The maximum atomic E-state index is 8.77. The van der Waals surface area contributed by atoms with Crippen LogP contribution in [0, 0.1) is 12.3 Å². The Morgan fingerprint density at radius 1 is 1.78 bits per heavy atom. The van der Waals surface area contributed by atoms with E-state index in [1.165, 1.54) is 0 Å². The number of nitrogens with one attached hydrogen (secondary N) is 1. The molecule has 0 aromatic carbocycles. The van der Waals surface area contributed by atoms with Crippen LogP contribution in [0.5, 0.6) is 0 Å². The standard InChI is InChI=1S/C7H13NO/c1-4-7(5-2,6-9)8-3/h1,8-9H,5-6H2,2-3H3. The maximum Gasteiger partial charge on any atom is 0.103 e. The molecule has 0 bridgehead atoms. The van der Waals surface area contributed by atoms with Crippen molar-refractivity contribution in [2.75, 3.05) is 13.7 Å². The number of aliphatic hydroxyl groups is 1. The fourth-order valence-electron chi connectivity index (χ4n) is 0.588. The first-order valence-corrected chi connectivity index (χ1v) is 3.02. The second-order valence-corrected chi connectivity index (χ2v) is 1.99. The smallest absolute Gasteiger partial charge is 0.103 e. The molecule has 0 heterocycles. The summed E-state index contributed by atoms with van der Waals surface area (Å²) in [5.74, 6) is 2.50. The molecule has 0 aliphatic rings. The fourth-order valence-corrected chi connectivity index (χ4v) is 0.588. The summed E-state index contributed by atoms with van der Waals surface area (Å²) in [5.41, 5.74) is -0.500. The zero-order valence-corrected chi connectivity index (χ0v) is 5.94. The number of hydrogen-bond donors (Lipinski definition) is 2. The van der Waals surface area contributed by atoms with E-state index in [0.29, 0.717) is 0 Å². The lowest BCUT2D eigenvalue weighted by Gasteiger charge is -2.22. The summed E-state index contributed by atoms with van der Waals surface area (Å²) < 4.78 is 0. The van der Waals surface area contributed by atoms with Crippen LogP contribution in [0.4, 0.5) is 0 Å². The van der Waals surface area contributed by atoms with E-state index in [1.54, 1.807) is 7.05 Å². The largest absolute Gasteiger partial charge is 0.393 e. The topological polar surface area (TPSA) is 32.3 Å². The SMILES string of the molecule is C#CC(CC)(CO)NC. The first kappa shape index (κ1) is 8.48. The lowest BCUT2D eigenvalue weighted by molar-refractivity contribution is 0.206. The second-order valence-electron chi connectivity index (χ2n) is 1.99. The molecule has 0 aromatic heterocycles. The summed E-state index contributed by atoms with van der Waals surface area (Å²) in [4.78, 5) is 0. The number of terminal acetylenes is 1. The minimum absolute atomic E-state index is 0.00347. The zero-order valence-electron chi connectivity index (χ0n) is 5.94. The average Bonchev–Trinajstić information content (AvgIpc) is 1.95. The van der Waals surface area contributed by atoms with E-state index in [9.17, 15) is 0 Å². The van der Waals surface area contributed by atoms with Crippen LogP contribution in [0.2, 0.25) is 0 Å². The number of aliphatic hydroxyl groups excluding tert-OH is 1. The van der Waals surface area contributed by atoms with Gasteiger partial charge in [-0.1, -0.05) is 12.8 Å². The molecule has 0 rings (SSSR count). The van der Waals surface area contributed by atoms with Crippen LogP contribution in [0.1, 0.15) is 13.3 Å². The van der Waals surface area contributed by atoms with E-state index >= 15 is 0 Å². The van der Waals surface area contributed by atoms with Crippen LogP contribution in [0.25, 0.3) is 0 Å². The highest BCUT2D eigenvalue weighted by molar-refractivity contribution is 5.11. The molecule has 0 amide bonds. The van der Waals surface area contributed by atoms with Crippen molar-refractivity contribution in [2.24, 2.45) is 0 Å². The highest BCUT2D eigenvalue weighted by atomic mass is 16.3. The first-order chi connectivity index (χ1) is 4.24. The van der Waals surface area contributed by atoms with E-state index in [4.69, 9.17) is 11.5 Å². The first-order valence-electron chi connectivity index (χ1n) is 3.02. The predicted molar refractivity (Wildman–Crippen MR) is 38.0 cm³/mol. The van der Waals surface area contributed by atoms with Gasteiger partial charge in [-0.05, 0) is 13.5 Å². The number of hydrogen-bond acceptors (Lipinski definition) is 2. The lowest BCUT2D eigenvalue weighted by atomic mass is 9.99. The third-order valence-electron chi connectivity index (χ3n) is 1.63. The van der Waals surface area contributed by atoms with Gasteiger partial charge in [-0.3, -0.25) is 0 Å². The molecule has 1 unspecified atom stereocenters. The highest BCUT2D eigenvalue weighted by Gasteiger charge is 2.20. The molecule has 0 saturated carbocycles. The van der Waals surface area contributed by atoms with Crippen LogP contribution in [-0.2, 0) is 0 Å². The minimum atomic E-state index is -0.500. The Labute approximate surface area is 56.3 Å². The molecule has 2 nitrogen and oxygen atoms in total. The van der Waals surface area contributed by atoms with Gasteiger partial charge in [-0.15, -0.1) is 6.42 Å². The molecule has 0 aromatic rings. The summed E-state index contributed by atoms with van der Waals surface area (Å²) in [6.07, 6.45) is 5.91. The van der Waals surface area contributed by atoms with Crippen LogP contribution >= 0.6 is 0 Å². The molecule has 0 aliphatic carbocycles. The Balaban J connectivity index is 4.04. The summed E-state index contributed by atoms with van der Waals surface area (Å²) in [5, 5.41) is 11.6. The Kier molecular flexibility index (Phi) is 3.29. The van der Waals surface area contributed by atoms with Gasteiger partial charge >= 0.3 is 0 Å². The highest BCUT2D eigenvalue weighted by Crippen LogP contribution is 2.05. The van der Waals surface area contributed by atoms with Gasteiger partial charge in [0.05, 0.1) is 6.61 Å². The Morgan fingerprint density at radius 3 is 2.33 bits per heavy atom. The number of likely N-dealkylation sites (N-methyl/N-ethyl adjacent to an activating group) is 1. The maximum absolute atomic E-state index is 8.77. The van der Waals surface area contributed by atoms with Gasteiger partial charge in [0.15, 0.2) is 0 Å². The van der Waals surface area contributed by atoms with Crippen LogP contribution in [-0.4, -0.2) is 24.3 Å². The summed E-state index contributed by atoms with van der Waals surface area (Å²) in [6, 6.07) is 0. The molecule has 1 atom stereocenters. The molecular weight excluding hydrogens is 114 g/mol. The van der Waals surface area contributed by atoms with Crippen molar-refractivity contribution in [1.29, 1.82) is 0 Å². The van der Waals surface area contributed by atoms with E-state index in [0.717, 1.165) is 6.42 Å². The van der Waals surface area contributed by atoms with Crippen molar-refractivity contribution in [3.8, 4) is 12.3 Å². The second kappa shape index (κ2) is 3.49. The molecular formula is C7H13NO.